The summed E-state index contributed by atoms with van der Waals surface area (Å²) in [4.78, 5) is 22.6. The van der Waals surface area contributed by atoms with Crippen molar-refractivity contribution in [3.63, 3.8) is 0 Å². The second-order valence-electron chi connectivity index (χ2n) is 6.91. The Morgan fingerprint density at radius 1 is 0.969 bits per heavy atom. The number of primary amides is 1. The molecule has 0 saturated carbocycles. The highest BCUT2D eigenvalue weighted by atomic mass is 35.5. The maximum Gasteiger partial charge on any atom is 0.322 e. The number of carbonyl (C=O) groups is 2. The minimum atomic E-state index is -4.13. The molecule has 8 nitrogen and oxygen atoms in total. The van der Waals surface area contributed by atoms with Crippen molar-refractivity contribution in [2.75, 3.05) is 5.32 Å². The predicted octanol–water partition coefficient (Wildman–Crippen LogP) is 3.47. The number of nitrogens with two attached hydrogens (primary N) is 1. The lowest BCUT2D eigenvalue weighted by Crippen LogP contribution is -2.42. The molecule has 5 N–H and O–H groups in total. The highest BCUT2D eigenvalue weighted by Crippen LogP contribution is 2.24. The largest absolute Gasteiger partial charge is 0.480 e. The zero-order valence-corrected chi connectivity index (χ0v) is 18.2. The van der Waals surface area contributed by atoms with Gasteiger partial charge in [-0.3, -0.25) is 4.79 Å². The fourth-order valence-corrected chi connectivity index (χ4v) is 4.79. The summed E-state index contributed by atoms with van der Waals surface area (Å²) in [5.74, 6) is -1.31. The van der Waals surface area contributed by atoms with Crippen LogP contribution in [-0.2, 0) is 21.2 Å². The standard InChI is InChI=1S/C22H20ClN3O5S/c23-18-6-1-2-7-20(18)32(30,31)26-19(21(27)28)12-14-8-10-15(11-9-14)16-4-3-5-17(13-16)25-22(24)29/h1-11,13,19,26H,12H2,(H,27,28)(H3,24,25,29)/t19-/m1/s1. The summed E-state index contributed by atoms with van der Waals surface area (Å²) in [6, 6.07) is 17.8. The first kappa shape index (κ1) is 23.3. The Labute approximate surface area is 190 Å². The predicted molar refractivity (Wildman–Crippen MR) is 122 cm³/mol. The topological polar surface area (TPSA) is 139 Å². The molecule has 0 aliphatic carbocycles. The number of anilines is 1. The molecule has 0 spiro atoms. The molecule has 0 aliphatic heterocycles. The van der Waals surface area contributed by atoms with Crippen LogP contribution in [0.3, 0.4) is 0 Å². The number of nitrogens with one attached hydrogen (secondary N) is 2. The molecule has 0 aliphatic rings. The van der Waals surface area contributed by atoms with Gasteiger partial charge in [-0.15, -0.1) is 0 Å². The number of halogens is 1. The molecule has 0 fully saturated rings. The summed E-state index contributed by atoms with van der Waals surface area (Å²) >= 11 is 5.95. The highest BCUT2D eigenvalue weighted by Gasteiger charge is 2.27. The second kappa shape index (κ2) is 9.82. The lowest BCUT2D eigenvalue weighted by atomic mass is 10.0. The van der Waals surface area contributed by atoms with Crippen molar-refractivity contribution < 1.29 is 23.1 Å². The van der Waals surface area contributed by atoms with E-state index in [4.69, 9.17) is 17.3 Å². The van der Waals surface area contributed by atoms with Crippen molar-refractivity contribution in [2.24, 2.45) is 5.73 Å². The average molecular weight is 474 g/mol. The van der Waals surface area contributed by atoms with Crippen molar-refractivity contribution in [3.8, 4) is 11.1 Å². The van der Waals surface area contributed by atoms with Crippen molar-refractivity contribution in [1.29, 1.82) is 0 Å². The SMILES string of the molecule is NC(=O)Nc1cccc(-c2ccc(C[C@@H](NS(=O)(=O)c3ccccc3Cl)C(=O)O)cc2)c1. The molecule has 0 bridgehead atoms. The number of carboxylic acids is 1. The fourth-order valence-electron chi connectivity index (χ4n) is 3.08. The van der Waals surface area contributed by atoms with Crippen LogP contribution in [0, 0.1) is 0 Å². The van der Waals surface area contributed by atoms with E-state index in [2.05, 4.69) is 10.0 Å². The van der Waals surface area contributed by atoms with E-state index >= 15 is 0 Å². The summed E-state index contributed by atoms with van der Waals surface area (Å²) in [5, 5.41) is 12.0. The first-order valence-corrected chi connectivity index (χ1v) is 11.3. The lowest BCUT2D eigenvalue weighted by molar-refractivity contribution is -0.138. The molecule has 0 saturated heterocycles. The molecule has 0 radical (unpaired) electrons. The lowest BCUT2D eigenvalue weighted by Gasteiger charge is -2.16. The maximum atomic E-state index is 12.6. The summed E-state index contributed by atoms with van der Waals surface area (Å²) in [6.45, 7) is 0. The van der Waals surface area contributed by atoms with Crippen molar-refractivity contribution in [3.05, 3.63) is 83.4 Å². The monoisotopic (exact) mass is 473 g/mol. The van der Waals surface area contributed by atoms with Crippen LogP contribution in [0.1, 0.15) is 5.56 Å². The number of hydrogen-bond donors (Lipinski definition) is 4. The molecule has 1 atom stereocenters. The molecular weight excluding hydrogens is 454 g/mol. The number of carbonyl (C=O) groups excluding carboxylic acids is 1. The van der Waals surface area contributed by atoms with E-state index in [1.165, 1.54) is 18.2 Å². The van der Waals surface area contributed by atoms with Crippen molar-refractivity contribution in [1.82, 2.24) is 4.72 Å². The summed E-state index contributed by atoms with van der Waals surface area (Å²) in [5.41, 5.74) is 7.94. The van der Waals surface area contributed by atoms with E-state index in [-0.39, 0.29) is 16.3 Å². The van der Waals surface area contributed by atoms with Gasteiger partial charge in [0, 0.05) is 5.69 Å². The second-order valence-corrected chi connectivity index (χ2v) is 9.00. The summed E-state index contributed by atoms with van der Waals surface area (Å²) < 4.78 is 27.4. The number of amides is 2. The van der Waals surface area contributed by atoms with Crippen LogP contribution in [-0.4, -0.2) is 31.6 Å². The number of sulfonamides is 1. The maximum absolute atomic E-state index is 12.6. The number of aliphatic carboxylic acids is 1. The zero-order chi connectivity index (χ0) is 23.3. The van der Waals surface area contributed by atoms with E-state index in [0.717, 1.165) is 11.1 Å². The van der Waals surface area contributed by atoms with Gasteiger partial charge in [-0.1, -0.05) is 60.1 Å². The van der Waals surface area contributed by atoms with Crippen LogP contribution >= 0.6 is 11.6 Å². The van der Waals surface area contributed by atoms with Crippen LogP contribution < -0.4 is 15.8 Å². The minimum absolute atomic E-state index is 0.00143. The third kappa shape index (κ3) is 5.85. The van der Waals surface area contributed by atoms with Gasteiger partial charge in [0.1, 0.15) is 10.9 Å². The van der Waals surface area contributed by atoms with Gasteiger partial charge in [0.2, 0.25) is 10.0 Å². The fraction of sp³-hybridized carbons (Fsp3) is 0.0909. The Morgan fingerprint density at radius 3 is 2.28 bits per heavy atom. The third-order valence-electron chi connectivity index (χ3n) is 4.58. The third-order valence-corrected chi connectivity index (χ3v) is 6.55. The molecule has 10 heteroatoms. The van der Waals surface area contributed by atoms with Crippen molar-refractivity contribution in [2.45, 2.75) is 17.4 Å². The molecule has 0 heterocycles. The smallest absolute Gasteiger partial charge is 0.322 e. The van der Waals surface area contributed by atoms with Crippen LogP contribution in [0.2, 0.25) is 5.02 Å². The van der Waals surface area contributed by atoms with Gasteiger partial charge in [-0.25, -0.2) is 13.2 Å². The molecule has 3 aromatic carbocycles. The van der Waals surface area contributed by atoms with Gasteiger partial charge in [-0.05, 0) is 47.4 Å². The van der Waals surface area contributed by atoms with Gasteiger partial charge in [0.05, 0.1) is 5.02 Å². The summed E-state index contributed by atoms with van der Waals surface area (Å²) in [6.07, 6.45) is -0.0669. The first-order chi connectivity index (χ1) is 15.2. The normalized spacial score (nSPS) is 12.2. The van der Waals surface area contributed by atoms with Crippen LogP contribution in [0.4, 0.5) is 10.5 Å². The van der Waals surface area contributed by atoms with E-state index in [1.807, 2.05) is 6.07 Å². The molecule has 3 aromatic rings. The Balaban J connectivity index is 1.77. The molecule has 0 aromatic heterocycles. The van der Waals surface area contributed by atoms with Crippen LogP contribution in [0.5, 0.6) is 0 Å². The zero-order valence-electron chi connectivity index (χ0n) is 16.7. The summed E-state index contributed by atoms with van der Waals surface area (Å²) in [7, 11) is -4.13. The van der Waals surface area contributed by atoms with E-state index in [1.54, 1.807) is 48.5 Å². The number of hydrogen-bond acceptors (Lipinski definition) is 4. The molecular formula is C22H20ClN3O5S. The molecule has 166 valence electrons. The number of urea groups is 1. The molecule has 3 rings (SSSR count). The first-order valence-electron chi connectivity index (χ1n) is 9.41. The van der Waals surface area contributed by atoms with E-state index in [0.29, 0.717) is 11.3 Å². The number of benzene rings is 3. The van der Waals surface area contributed by atoms with Gasteiger partial charge >= 0.3 is 12.0 Å². The van der Waals surface area contributed by atoms with Gasteiger partial charge in [-0.2, -0.15) is 4.72 Å². The van der Waals surface area contributed by atoms with Crippen LogP contribution in [0.25, 0.3) is 11.1 Å². The number of carboxylic acid groups (broad SMARTS) is 1. The minimum Gasteiger partial charge on any atom is -0.480 e. The van der Waals surface area contributed by atoms with E-state index in [9.17, 15) is 23.1 Å². The Morgan fingerprint density at radius 2 is 1.66 bits per heavy atom. The van der Waals surface area contributed by atoms with Gasteiger partial charge in [0.15, 0.2) is 0 Å². The van der Waals surface area contributed by atoms with Crippen LogP contribution in [0.15, 0.2) is 77.7 Å². The highest BCUT2D eigenvalue weighted by molar-refractivity contribution is 7.89. The Bertz CT molecular complexity index is 1250. The average Bonchev–Trinajstić information content (AvgIpc) is 2.73. The quantitative estimate of drug-likeness (QED) is 0.396. The van der Waals surface area contributed by atoms with Gasteiger partial charge in [0.25, 0.3) is 0 Å². The molecule has 2 amide bonds. The molecule has 0 unspecified atom stereocenters. The molecule has 32 heavy (non-hydrogen) atoms. The van der Waals surface area contributed by atoms with Gasteiger partial charge < -0.3 is 16.2 Å². The van der Waals surface area contributed by atoms with E-state index < -0.39 is 28.1 Å². The Kier molecular flexibility index (Phi) is 7.14. The van der Waals surface area contributed by atoms with Crippen molar-refractivity contribution >= 4 is 39.3 Å². The number of rotatable bonds is 8. The Hall–Kier alpha value is -3.40.